The standard InChI is InChI=1S/C17H22N4O3S/c1-20(2)10-6-9-18-11-12-15(22)19-17(25)21(16(12)23)13-7-4-5-8-14(13)24-3/h4-5,7-8,11,23H,6,9-10H2,1-3H3,(H,19,22,25). The molecule has 0 radical (unpaired) electrons. The Balaban J connectivity index is 2.42. The first-order valence-electron chi connectivity index (χ1n) is 7.82. The summed E-state index contributed by atoms with van der Waals surface area (Å²) >= 11 is 5.20. The van der Waals surface area contributed by atoms with E-state index in [0.717, 1.165) is 13.0 Å². The topological polar surface area (TPSA) is 82.8 Å². The normalized spacial score (nSPS) is 11.4. The first-order chi connectivity index (χ1) is 12.0. The van der Waals surface area contributed by atoms with Crippen LogP contribution in [0.25, 0.3) is 5.69 Å². The quantitative estimate of drug-likeness (QED) is 0.447. The predicted molar refractivity (Wildman–Crippen MR) is 101 cm³/mol. The minimum atomic E-state index is -0.481. The summed E-state index contributed by atoms with van der Waals surface area (Å²) in [6.07, 6.45) is 2.23. The average molecular weight is 362 g/mol. The Kier molecular flexibility index (Phi) is 6.49. The van der Waals surface area contributed by atoms with Crippen LogP contribution in [0, 0.1) is 4.77 Å². The van der Waals surface area contributed by atoms with Crippen LogP contribution < -0.4 is 10.3 Å². The molecule has 0 bridgehead atoms. The highest BCUT2D eigenvalue weighted by atomic mass is 32.1. The lowest BCUT2D eigenvalue weighted by Crippen LogP contribution is -2.18. The molecule has 0 spiro atoms. The molecule has 1 heterocycles. The second-order valence-electron chi connectivity index (χ2n) is 5.70. The zero-order valence-electron chi connectivity index (χ0n) is 14.5. The number of para-hydroxylation sites is 2. The van der Waals surface area contributed by atoms with Crippen LogP contribution in [0.5, 0.6) is 11.6 Å². The van der Waals surface area contributed by atoms with E-state index in [1.54, 1.807) is 18.2 Å². The molecule has 0 aliphatic rings. The summed E-state index contributed by atoms with van der Waals surface area (Å²) in [5, 5.41) is 10.6. The molecule has 0 aliphatic heterocycles. The fourth-order valence-electron chi connectivity index (χ4n) is 2.33. The van der Waals surface area contributed by atoms with E-state index in [1.165, 1.54) is 17.9 Å². The van der Waals surface area contributed by atoms with E-state index >= 15 is 0 Å². The summed E-state index contributed by atoms with van der Waals surface area (Å²) in [4.78, 5) is 21.0. The number of aromatic nitrogens is 2. The lowest BCUT2D eigenvalue weighted by molar-refractivity contribution is 0.402. The number of aliphatic imine (C=N–C) groups is 1. The largest absolute Gasteiger partial charge is 0.495 e. The second kappa shape index (κ2) is 8.59. The summed E-state index contributed by atoms with van der Waals surface area (Å²) in [6, 6.07) is 7.09. The minimum Gasteiger partial charge on any atom is -0.495 e. The fraction of sp³-hybridized carbons (Fsp3) is 0.353. The van der Waals surface area contributed by atoms with E-state index in [2.05, 4.69) is 14.9 Å². The lowest BCUT2D eigenvalue weighted by Gasteiger charge is -2.14. The molecule has 0 atom stereocenters. The van der Waals surface area contributed by atoms with E-state index < -0.39 is 5.56 Å². The van der Waals surface area contributed by atoms with Gasteiger partial charge < -0.3 is 14.7 Å². The molecule has 0 saturated carbocycles. The molecule has 25 heavy (non-hydrogen) atoms. The molecule has 0 amide bonds. The highest BCUT2D eigenvalue weighted by molar-refractivity contribution is 7.71. The van der Waals surface area contributed by atoms with Gasteiger partial charge in [-0.3, -0.25) is 19.3 Å². The van der Waals surface area contributed by atoms with Gasteiger partial charge in [-0.2, -0.15) is 0 Å². The molecular formula is C17H22N4O3S. The SMILES string of the molecule is COc1ccccc1-n1c(O)c(C=NCCCN(C)C)c(=O)[nH]c1=S. The Bertz CT molecular complexity index is 871. The van der Waals surface area contributed by atoms with Gasteiger partial charge >= 0.3 is 0 Å². The maximum absolute atomic E-state index is 12.1. The minimum absolute atomic E-state index is 0.0596. The number of nitrogens with zero attached hydrogens (tertiary/aromatic N) is 3. The summed E-state index contributed by atoms with van der Waals surface area (Å²) in [7, 11) is 5.50. The number of rotatable bonds is 7. The summed E-state index contributed by atoms with van der Waals surface area (Å²) < 4.78 is 6.74. The number of nitrogens with one attached hydrogen (secondary N) is 1. The van der Waals surface area contributed by atoms with Crippen LogP contribution in [0.15, 0.2) is 34.1 Å². The zero-order valence-corrected chi connectivity index (χ0v) is 15.3. The lowest BCUT2D eigenvalue weighted by atomic mass is 10.2. The number of methoxy groups -OCH3 is 1. The van der Waals surface area contributed by atoms with Crippen LogP contribution >= 0.6 is 12.2 Å². The maximum atomic E-state index is 12.1. The van der Waals surface area contributed by atoms with Crippen LogP contribution in [0.1, 0.15) is 12.0 Å². The molecule has 134 valence electrons. The molecule has 2 aromatic rings. The van der Waals surface area contributed by atoms with Gasteiger partial charge in [-0.25, -0.2) is 0 Å². The Morgan fingerprint density at radius 2 is 2.12 bits per heavy atom. The number of ether oxygens (including phenoxy) is 1. The molecule has 8 heteroatoms. The number of aromatic hydroxyl groups is 1. The molecular weight excluding hydrogens is 340 g/mol. The molecule has 2 rings (SSSR count). The van der Waals surface area contributed by atoms with E-state index in [4.69, 9.17) is 17.0 Å². The fourth-order valence-corrected chi connectivity index (χ4v) is 2.60. The Morgan fingerprint density at radius 3 is 2.80 bits per heavy atom. The van der Waals surface area contributed by atoms with Crippen LogP contribution in [0.2, 0.25) is 0 Å². The van der Waals surface area contributed by atoms with Gasteiger partial charge in [0.05, 0.1) is 12.8 Å². The third-order valence-electron chi connectivity index (χ3n) is 3.56. The zero-order chi connectivity index (χ0) is 18.4. The number of aromatic amines is 1. The molecule has 0 saturated heterocycles. The highest BCUT2D eigenvalue weighted by Crippen LogP contribution is 2.26. The summed E-state index contributed by atoms with van der Waals surface area (Å²) in [5.74, 6) is 0.254. The Hall–Kier alpha value is -2.45. The molecule has 0 fully saturated rings. The average Bonchev–Trinajstić information content (AvgIpc) is 2.57. The van der Waals surface area contributed by atoms with Crippen molar-refractivity contribution in [2.75, 3.05) is 34.3 Å². The Morgan fingerprint density at radius 1 is 1.40 bits per heavy atom. The van der Waals surface area contributed by atoms with Gasteiger partial charge in [0.2, 0.25) is 5.88 Å². The molecule has 1 aromatic heterocycles. The first-order valence-corrected chi connectivity index (χ1v) is 8.22. The molecule has 7 nitrogen and oxygen atoms in total. The maximum Gasteiger partial charge on any atom is 0.264 e. The van der Waals surface area contributed by atoms with Crippen molar-refractivity contribution in [2.45, 2.75) is 6.42 Å². The number of hydrogen-bond donors (Lipinski definition) is 2. The highest BCUT2D eigenvalue weighted by Gasteiger charge is 2.15. The van der Waals surface area contributed by atoms with E-state index in [0.29, 0.717) is 18.0 Å². The molecule has 1 aromatic carbocycles. The van der Waals surface area contributed by atoms with Crippen LogP contribution in [-0.4, -0.2) is 60.1 Å². The van der Waals surface area contributed by atoms with Crippen LogP contribution in [0.4, 0.5) is 0 Å². The van der Waals surface area contributed by atoms with Crippen molar-refractivity contribution < 1.29 is 9.84 Å². The van der Waals surface area contributed by atoms with Gasteiger partial charge in [0.25, 0.3) is 5.56 Å². The van der Waals surface area contributed by atoms with Gasteiger partial charge in [-0.05, 0) is 51.4 Å². The summed E-state index contributed by atoms with van der Waals surface area (Å²) in [6.45, 7) is 1.45. The van der Waals surface area contributed by atoms with Crippen molar-refractivity contribution in [3.05, 3.63) is 45.0 Å². The van der Waals surface area contributed by atoms with Gasteiger partial charge in [0, 0.05) is 12.8 Å². The smallest absolute Gasteiger partial charge is 0.264 e. The Labute approximate surface area is 151 Å². The van der Waals surface area contributed by atoms with E-state index in [9.17, 15) is 9.90 Å². The van der Waals surface area contributed by atoms with Crippen molar-refractivity contribution in [1.82, 2.24) is 14.5 Å². The number of H-pyrrole nitrogens is 1. The van der Waals surface area contributed by atoms with Crippen molar-refractivity contribution in [3.8, 4) is 17.3 Å². The summed E-state index contributed by atoms with van der Waals surface area (Å²) in [5.41, 5.74) is 0.111. The van der Waals surface area contributed by atoms with Crippen molar-refractivity contribution in [2.24, 2.45) is 4.99 Å². The van der Waals surface area contributed by atoms with Crippen molar-refractivity contribution >= 4 is 18.4 Å². The number of benzene rings is 1. The molecule has 0 unspecified atom stereocenters. The van der Waals surface area contributed by atoms with Gasteiger partial charge in [0.1, 0.15) is 11.3 Å². The van der Waals surface area contributed by atoms with Gasteiger partial charge in [0.15, 0.2) is 4.77 Å². The van der Waals surface area contributed by atoms with Crippen LogP contribution in [-0.2, 0) is 0 Å². The second-order valence-corrected chi connectivity index (χ2v) is 6.08. The van der Waals surface area contributed by atoms with Gasteiger partial charge in [-0.1, -0.05) is 12.1 Å². The monoisotopic (exact) mass is 362 g/mol. The van der Waals surface area contributed by atoms with Crippen molar-refractivity contribution in [3.63, 3.8) is 0 Å². The van der Waals surface area contributed by atoms with E-state index in [-0.39, 0.29) is 16.2 Å². The molecule has 2 N–H and O–H groups in total. The van der Waals surface area contributed by atoms with E-state index in [1.807, 2.05) is 20.2 Å². The van der Waals surface area contributed by atoms with Gasteiger partial charge in [-0.15, -0.1) is 0 Å². The van der Waals surface area contributed by atoms with Crippen molar-refractivity contribution in [1.29, 1.82) is 0 Å². The third kappa shape index (κ3) is 4.55. The molecule has 0 aliphatic carbocycles. The predicted octanol–water partition coefficient (Wildman–Crippen LogP) is 1.98. The first kappa shape index (κ1) is 18.9. The van der Waals surface area contributed by atoms with Crippen LogP contribution in [0.3, 0.4) is 0 Å². The number of hydrogen-bond acceptors (Lipinski definition) is 6. The third-order valence-corrected chi connectivity index (χ3v) is 3.84.